The molecular formula is C13H21N3O3S. The lowest BCUT2D eigenvalue weighted by atomic mass is 10.2. The van der Waals surface area contributed by atoms with E-state index in [1.807, 2.05) is 13.8 Å². The van der Waals surface area contributed by atoms with E-state index in [2.05, 4.69) is 10.2 Å². The summed E-state index contributed by atoms with van der Waals surface area (Å²) in [6, 6.07) is 0. The third-order valence-corrected chi connectivity index (χ3v) is 4.47. The van der Waals surface area contributed by atoms with Crippen LogP contribution in [0.5, 0.6) is 5.75 Å². The molecular weight excluding hydrogens is 278 g/mol. The molecule has 0 unspecified atom stereocenters. The summed E-state index contributed by atoms with van der Waals surface area (Å²) < 4.78 is 11.1. The van der Waals surface area contributed by atoms with E-state index in [0.29, 0.717) is 16.3 Å². The first kappa shape index (κ1) is 14.9. The third kappa shape index (κ3) is 2.69. The average molecular weight is 299 g/mol. The van der Waals surface area contributed by atoms with Gasteiger partial charge in [-0.05, 0) is 13.8 Å². The number of carbonyl (C=O) groups excluding carboxylic acids is 1. The first-order valence-corrected chi connectivity index (χ1v) is 7.38. The number of morpholine rings is 1. The Bertz CT molecular complexity index is 493. The van der Waals surface area contributed by atoms with Crippen LogP contribution in [0, 0.1) is 0 Å². The highest BCUT2D eigenvalue weighted by atomic mass is 32.1. The topological polar surface area (TPSA) is 76.8 Å². The molecule has 2 rings (SSSR count). The van der Waals surface area contributed by atoms with Crippen LogP contribution in [0.15, 0.2) is 0 Å². The normalized spacial score (nSPS) is 22.7. The number of hydrogen-bond donors (Lipinski definition) is 2. The Morgan fingerprint density at radius 3 is 2.55 bits per heavy atom. The van der Waals surface area contributed by atoms with Gasteiger partial charge < -0.3 is 25.4 Å². The smallest absolute Gasteiger partial charge is 0.263 e. The van der Waals surface area contributed by atoms with Gasteiger partial charge in [-0.1, -0.05) is 0 Å². The first-order valence-electron chi connectivity index (χ1n) is 6.56. The highest BCUT2D eigenvalue weighted by Gasteiger charge is 2.29. The second-order valence-corrected chi connectivity index (χ2v) is 5.92. The quantitative estimate of drug-likeness (QED) is 0.880. The number of methoxy groups -OCH3 is 1. The Morgan fingerprint density at radius 2 is 2.05 bits per heavy atom. The highest BCUT2D eigenvalue weighted by molar-refractivity contribution is 7.19. The molecule has 1 amide bonds. The molecule has 1 saturated heterocycles. The van der Waals surface area contributed by atoms with Gasteiger partial charge in [0.25, 0.3) is 5.91 Å². The molecule has 0 saturated carbocycles. The molecule has 0 spiro atoms. The molecule has 1 aliphatic heterocycles. The number of anilines is 2. The molecule has 1 aromatic heterocycles. The maximum Gasteiger partial charge on any atom is 0.263 e. The maximum absolute atomic E-state index is 11.8. The molecule has 1 fully saturated rings. The monoisotopic (exact) mass is 299 g/mol. The van der Waals surface area contributed by atoms with E-state index in [-0.39, 0.29) is 18.1 Å². The molecule has 3 N–H and O–H groups in total. The molecule has 0 radical (unpaired) electrons. The number of carbonyl (C=O) groups is 1. The zero-order valence-corrected chi connectivity index (χ0v) is 13.0. The third-order valence-electron chi connectivity index (χ3n) is 3.23. The van der Waals surface area contributed by atoms with Crippen LogP contribution in [0.3, 0.4) is 0 Å². The second-order valence-electron chi connectivity index (χ2n) is 4.92. The predicted molar refractivity (Wildman–Crippen MR) is 80.9 cm³/mol. The molecule has 6 nitrogen and oxygen atoms in total. The van der Waals surface area contributed by atoms with Crippen LogP contribution in [-0.2, 0) is 4.74 Å². The Hall–Kier alpha value is -1.47. The Morgan fingerprint density at radius 1 is 1.45 bits per heavy atom. The van der Waals surface area contributed by atoms with E-state index < -0.39 is 0 Å². The highest BCUT2D eigenvalue weighted by Crippen LogP contribution is 2.45. The number of nitrogen functional groups attached to an aromatic ring is 1. The number of nitrogens with zero attached hydrogens (tertiary/aromatic N) is 1. The van der Waals surface area contributed by atoms with Crippen molar-refractivity contribution < 1.29 is 14.3 Å². The van der Waals surface area contributed by atoms with E-state index in [0.717, 1.165) is 18.1 Å². The van der Waals surface area contributed by atoms with Crippen molar-refractivity contribution >= 4 is 27.9 Å². The van der Waals surface area contributed by atoms with Crippen LogP contribution >= 0.6 is 11.3 Å². The Labute approximate surface area is 122 Å². The van der Waals surface area contributed by atoms with Crippen molar-refractivity contribution in [2.45, 2.75) is 26.1 Å². The van der Waals surface area contributed by atoms with E-state index in [4.69, 9.17) is 15.2 Å². The van der Waals surface area contributed by atoms with Crippen molar-refractivity contribution in [3.05, 3.63) is 4.88 Å². The molecule has 1 aromatic rings. The molecule has 0 aliphatic carbocycles. The van der Waals surface area contributed by atoms with Gasteiger partial charge in [0.05, 0.1) is 19.3 Å². The lowest BCUT2D eigenvalue weighted by Gasteiger charge is -2.36. The van der Waals surface area contributed by atoms with E-state index in [1.165, 1.54) is 11.3 Å². The zero-order valence-electron chi connectivity index (χ0n) is 12.2. The van der Waals surface area contributed by atoms with Crippen molar-refractivity contribution in [3.63, 3.8) is 0 Å². The zero-order chi connectivity index (χ0) is 14.9. The fourth-order valence-corrected chi connectivity index (χ4v) is 3.60. The van der Waals surface area contributed by atoms with Gasteiger partial charge in [0.1, 0.15) is 15.6 Å². The number of rotatable bonds is 3. The van der Waals surface area contributed by atoms with Crippen molar-refractivity contribution in [1.82, 2.24) is 5.32 Å². The van der Waals surface area contributed by atoms with Crippen LogP contribution in [-0.4, -0.2) is 45.4 Å². The minimum atomic E-state index is -0.189. The minimum absolute atomic E-state index is 0.134. The SMILES string of the molecule is CNC(=O)c1sc(N2C[C@@H](C)O[C@@H](C)C2)c(OC)c1N. The first-order chi connectivity index (χ1) is 9.47. The fourth-order valence-electron chi connectivity index (χ4n) is 2.45. The molecule has 2 heterocycles. The van der Waals surface area contributed by atoms with Crippen LogP contribution < -0.4 is 20.7 Å². The van der Waals surface area contributed by atoms with Crippen LogP contribution in [0.2, 0.25) is 0 Å². The van der Waals surface area contributed by atoms with Crippen LogP contribution in [0.4, 0.5) is 10.7 Å². The summed E-state index contributed by atoms with van der Waals surface area (Å²) in [5, 5.41) is 3.49. The van der Waals surface area contributed by atoms with Crippen LogP contribution in [0.1, 0.15) is 23.5 Å². The summed E-state index contributed by atoms with van der Waals surface area (Å²) in [5.41, 5.74) is 6.44. The Balaban J connectivity index is 2.38. The minimum Gasteiger partial charge on any atom is -0.492 e. The largest absolute Gasteiger partial charge is 0.492 e. The number of amides is 1. The van der Waals surface area contributed by atoms with Crippen LogP contribution in [0.25, 0.3) is 0 Å². The molecule has 0 aromatic carbocycles. The summed E-state index contributed by atoms with van der Waals surface area (Å²) in [5.74, 6) is 0.390. The lowest BCUT2D eigenvalue weighted by Crippen LogP contribution is -2.45. The summed E-state index contributed by atoms with van der Waals surface area (Å²) in [7, 11) is 3.16. The molecule has 2 atom stereocenters. The van der Waals surface area contributed by atoms with E-state index in [1.54, 1.807) is 14.2 Å². The summed E-state index contributed by atoms with van der Waals surface area (Å²) >= 11 is 1.36. The molecule has 112 valence electrons. The predicted octanol–water partition coefficient (Wildman–Crippen LogP) is 1.31. The fraction of sp³-hybridized carbons (Fsp3) is 0.615. The van der Waals surface area contributed by atoms with Gasteiger partial charge in [0.2, 0.25) is 0 Å². The van der Waals surface area contributed by atoms with Crippen molar-refractivity contribution in [2.75, 3.05) is 37.9 Å². The van der Waals surface area contributed by atoms with E-state index >= 15 is 0 Å². The van der Waals surface area contributed by atoms with Gasteiger partial charge in [0.15, 0.2) is 5.75 Å². The molecule has 1 aliphatic rings. The maximum atomic E-state index is 11.8. The van der Waals surface area contributed by atoms with Gasteiger partial charge in [-0.15, -0.1) is 11.3 Å². The summed E-state index contributed by atoms with van der Waals surface area (Å²) in [6.45, 7) is 5.58. The van der Waals surface area contributed by atoms with Crippen molar-refractivity contribution in [2.24, 2.45) is 0 Å². The van der Waals surface area contributed by atoms with Crippen molar-refractivity contribution in [3.8, 4) is 5.75 Å². The molecule has 20 heavy (non-hydrogen) atoms. The van der Waals surface area contributed by atoms with Gasteiger partial charge in [-0.2, -0.15) is 0 Å². The number of nitrogens with one attached hydrogen (secondary N) is 1. The number of thiophene rings is 1. The number of ether oxygens (including phenoxy) is 2. The molecule has 0 bridgehead atoms. The van der Waals surface area contributed by atoms with E-state index in [9.17, 15) is 4.79 Å². The summed E-state index contributed by atoms with van der Waals surface area (Å²) in [4.78, 5) is 14.5. The number of nitrogens with two attached hydrogens (primary N) is 1. The average Bonchev–Trinajstić information content (AvgIpc) is 2.73. The van der Waals surface area contributed by atoms with Crippen molar-refractivity contribution in [1.29, 1.82) is 0 Å². The van der Waals surface area contributed by atoms with Gasteiger partial charge in [0, 0.05) is 20.1 Å². The number of hydrogen-bond acceptors (Lipinski definition) is 6. The second kappa shape index (κ2) is 5.88. The standard InChI is InChI=1S/C13H21N3O3S/c1-7-5-16(6-8(2)19-7)13-10(18-4)9(14)11(20-13)12(17)15-3/h7-8H,5-6,14H2,1-4H3,(H,15,17)/t7-,8+. The van der Waals surface area contributed by atoms with Gasteiger partial charge >= 0.3 is 0 Å². The Kier molecular flexibility index (Phi) is 4.39. The summed E-state index contributed by atoms with van der Waals surface area (Å²) in [6.07, 6.45) is 0.269. The lowest BCUT2D eigenvalue weighted by molar-refractivity contribution is -0.00510. The van der Waals surface area contributed by atoms with Gasteiger partial charge in [-0.3, -0.25) is 4.79 Å². The molecule has 7 heteroatoms. The van der Waals surface area contributed by atoms with Gasteiger partial charge in [-0.25, -0.2) is 0 Å².